The lowest BCUT2D eigenvalue weighted by molar-refractivity contribution is -0.151. The largest absolute Gasteiger partial charge is 0.345 e. The summed E-state index contributed by atoms with van der Waals surface area (Å²) in [4.78, 5) is 10.0. The van der Waals surface area contributed by atoms with E-state index in [1.165, 1.54) is 0 Å². The van der Waals surface area contributed by atoms with Crippen LogP contribution in [0.1, 0.15) is 13.8 Å². The molecule has 68 valence electrons. The molecule has 0 aromatic heterocycles. The van der Waals surface area contributed by atoms with Crippen LogP contribution in [0.15, 0.2) is 0 Å². The Morgan fingerprint density at radius 3 is 2.36 bits per heavy atom. The predicted molar refractivity (Wildman–Crippen MR) is 35.6 cm³/mol. The molecular weight excluding hydrogens is 158 g/mol. The lowest BCUT2D eigenvalue weighted by atomic mass is 10.7. The third-order valence-corrected chi connectivity index (χ3v) is 0.501. The first-order valence-corrected chi connectivity index (χ1v) is 3.06. The molecule has 0 aliphatic rings. The van der Waals surface area contributed by atoms with E-state index in [1.807, 2.05) is 13.8 Å². The molecule has 0 aromatic carbocycles. The van der Waals surface area contributed by atoms with Gasteiger partial charge >= 0.3 is 6.61 Å². The van der Waals surface area contributed by atoms with Gasteiger partial charge in [-0.25, -0.2) is 5.84 Å². The number of nitrogens with two attached hydrogens (primary N) is 1. The Morgan fingerprint density at radius 1 is 1.64 bits per heavy atom. The summed E-state index contributed by atoms with van der Waals surface area (Å²) in [7, 11) is 0. The van der Waals surface area contributed by atoms with E-state index in [2.05, 4.69) is 10.6 Å². The molecule has 4 nitrogen and oxygen atoms in total. The molecule has 0 unspecified atom stereocenters. The van der Waals surface area contributed by atoms with Gasteiger partial charge in [-0.2, -0.15) is 8.78 Å². The number of alkyl halides is 2. The first-order valence-electron chi connectivity index (χ1n) is 3.06. The summed E-state index contributed by atoms with van der Waals surface area (Å²) in [6, 6.07) is 0. The van der Waals surface area contributed by atoms with Crippen molar-refractivity contribution in [1.29, 1.82) is 0 Å². The van der Waals surface area contributed by atoms with E-state index >= 15 is 0 Å². The molecule has 0 bridgehead atoms. The number of nitrogens with one attached hydrogen (secondary N) is 1. The highest BCUT2D eigenvalue weighted by atomic mass is 19.3. The molecule has 0 aliphatic carbocycles. The zero-order chi connectivity index (χ0) is 9.28. The van der Waals surface area contributed by atoms with E-state index < -0.39 is 19.1 Å². The minimum Gasteiger partial charge on any atom is -0.313 e. The Bertz CT molecular complexity index is 100. The van der Waals surface area contributed by atoms with Crippen molar-refractivity contribution in [1.82, 2.24) is 5.43 Å². The lowest BCUT2D eigenvalue weighted by Gasteiger charge is -1.98. The number of amides is 1. The Balaban J connectivity index is 0. The minimum atomic E-state index is -2.93. The molecule has 0 spiro atoms. The minimum absolute atomic E-state index is 0.714. The number of ether oxygens (including phenoxy) is 1. The SMILES string of the molecule is CC.NNC(=O)COC(F)F. The number of hydrogen-bond acceptors (Lipinski definition) is 3. The van der Waals surface area contributed by atoms with Crippen molar-refractivity contribution in [3.05, 3.63) is 0 Å². The van der Waals surface area contributed by atoms with Crippen LogP contribution >= 0.6 is 0 Å². The third kappa shape index (κ3) is 12.4. The summed E-state index contributed by atoms with van der Waals surface area (Å²) in [5.41, 5.74) is 1.62. The van der Waals surface area contributed by atoms with E-state index in [0.717, 1.165) is 0 Å². The monoisotopic (exact) mass is 170 g/mol. The quantitative estimate of drug-likeness (QED) is 0.362. The van der Waals surface area contributed by atoms with Crippen molar-refractivity contribution < 1.29 is 18.3 Å². The number of hydrogen-bond donors (Lipinski definition) is 2. The molecular formula is C5H12F2N2O2. The Kier molecular flexibility index (Phi) is 10.8. The fraction of sp³-hybridized carbons (Fsp3) is 0.800. The van der Waals surface area contributed by atoms with Crippen LogP contribution in [0.5, 0.6) is 0 Å². The van der Waals surface area contributed by atoms with Gasteiger partial charge in [-0.3, -0.25) is 10.2 Å². The van der Waals surface area contributed by atoms with Gasteiger partial charge in [0, 0.05) is 0 Å². The molecule has 0 saturated carbocycles. The Labute approximate surface area is 63.7 Å². The van der Waals surface area contributed by atoms with Crippen LogP contribution in [0.25, 0.3) is 0 Å². The summed E-state index contributed by atoms with van der Waals surface area (Å²) >= 11 is 0. The predicted octanol–water partition coefficient (Wildman–Crippen LogP) is 0.242. The third-order valence-electron chi connectivity index (χ3n) is 0.501. The maximum Gasteiger partial charge on any atom is 0.345 e. The molecule has 6 heteroatoms. The van der Waals surface area contributed by atoms with Crippen LogP contribution < -0.4 is 11.3 Å². The van der Waals surface area contributed by atoms with Crippen LogP contribution in [0.4, 0.5) is 8.78 Å². The van der Waals surface area contributed by atoms with Gasteiger partial charge in [0.05, 0.1) is 0 Å². The molecule has 3 N–H and O–H groups in total. The maximum atomic E-state index is 11.1. The number of hydrazine groups is 1. The number of carbonyl (C=O) groups is 1. The number of rotatable bonds is 3. The topological polar surface area (TPSA) is 64.3 Å². The van der Waals surface area contributed by atoms with Crippen LogP contribution in [0.3, 0.4) is 0 Å². The first kappa shape index (κ1) is 12.9. The summed E-state index contributed by atoms with van der Waals surface area (Å²) in [5, 5.41) is 0. The number of carbonyl (C=O) groups excluding carboxylic acids is 1. The normalized spacial score (nSPS) is 8.55. The van der Waals surface area contributed by atoms with Gasteiger partial charge in [0.25, 0.3) is 5.91 Å². The van der Waals surface area contributed by atoms with E-state index in [-0.39, 0.29) is 0 Å². The van der Waals surface area contributed by atoms with Crippen LogP contribution in [-0.4, -0.2) is 19.1 Å². The second kappa shape index (κ2) is 9.25. The van der Waals surface area contributed by atoms with Crippen molar-refractivity contribution in [2.75, 3.05) is 6.61 Å². The van der Waals surface area contributed by atoms with Crippen molar-refractivity contribution in [3.63, 3.8) is 0 Å². The lowest BCUT2D eigenvalue weighted by Crippen LogP contribution is -2.33. The molecule has 0 heterocycles. The fourth-order valence-electron chi connectivity index (χ4n) is 0.180. The molecule has 0 aromatic rings. The van der Waals surface area contributed by atoms with Crippen LogP contribution in [0, 0.1) is 0 Å². The first-order chi connectivity index (χ1) is 5.16. The van der Waals surface area contributed by atoms with E-state index in [4.69, 9.17) is 0 Å². The van der Waals surface area contributed by atoms with E-state index in [9.17, 15) is 13.6 Å². The molecule has 0 rings (SSSR count). The van der Waals surface area contributed by atoms with Crippen molar-refractivity contribution in [2.24, 2.45) is 5.84 Å². The van der Waals surface area contributed by atoms with Gasteiger partial charge in [0.15, 0.2) is 0 Å². The van der Waals surface area contributed by atoms with Gasteiger partial charge in [-0.1, -0.05) is 13.8 Å². The smallest absolute Gasteiger partial charge is 0.313 e. The van der Waals surface area contributed by atoms with Gasteiger partial charge in [-0.15, -0.1) is 0 Å². The average Bonchev–Trinajstić information content (AvgIpc) is 2.04. The van der Waals surface area contributed by atoms with Crippen molar-refractivity contribution >= 4 is 5.91 Å². The number of halogens is 2. The Morgan fingerprint density at radius 2 is 2.09 bits per heavy atom. The molecule has 0 saturated heterocycles. The zero-order valence-corrected chi connectivity index (χ0v) is 6.43. The van der Waals surface area contributed by atoms with E-state index in [0.29, 0.717) is 0 Å². The molecule has 0 fully saturated rings. The van der Waals surface area contributed by atoms with E-state index in [1.54, 1.807) is 5.43 Å². The molecule has 0 radical (unpaired) electrons. The molecule has 1 amide bonds. The second-order valence-electron chi connectivity index (χ2n) is 1.14. The fourth-order valence-corrected chi connectivity index (χ4v) is 0.180. The summed E-state index contributed by atoms with van der Waals surface area (Å²) < 4.78 is 25.7. The summed E-state index contributed by atoms with van der Waals surface area (Å²) in [5.74, 6) is 3.75. The standard InChI is InChI=1S/C3H6F2N2O2.C2H6/c4-3(5)9-1-2(8)7-6;1-2/h3H,1,6H2,(H,7,8);1-2H3. The van der Waals surface area contributed by atoms with Crippen LogP contribution in [-0.2, 0) is 9.53 Å². The highest BCUT2D eigenvalue weighted by Crippen LogP contribution is 1.91. The zero-order valence-electron chi connectivity index (χ0n) is 6.43. The molecule has 0 atom stereocenters. The maximum absolute atomic E-state index is 11.1. The van der Waals surface area contributed by atoms with Crippen molar-refractivity contribution in [3.8, 4) is 0 Å². The Hall–Kier alpha value is -0.750. The highest BCUT2D eigenvalue weighted by Gasteiger charge is 2.04. The van der Waals surface area contributed by atoms with Gasteiger partial charge < -0.3 is 4.74 Å². The highest BCUT2D eigenvalue weighted by molar-refractivity contribution is 5.76. The second-order valence-corrected chi connectivity index (χ2v) is 1.14. The van der Waals surface area contributed by atoms with Gasteiger partial charge in [-0.05, 0) is 0 Å². The van der Waals surface area contributed by atoms with Gasteiger partial charge in [0.1, 0.15) is 6.61 Å². The summed E-state index contributed by atoms with van der Waals surface area (Å²) in [6.45, 7) is 0.357. The van der Waals surface area contributed by atoms with Gasteiger partial charge in [0.2, 0.25) is 0 Å². The average molecular weight is 170 g/mol. The summed E-state index contributed by atoms with van der Waals surface area (Å²) in [6.07, 6.45) is 0. The van der Waals surface area contributed by atoms with Crippen LogP contribution in [0.2, 0.25) is 0 Å². The van der Waals surface area contributed by atoms with Crippen molar-refractivity contribution in [2.45, 2.75) is 20.5 Å². The molecule has 11 heavy (non-hydrogen) atoms. The molecule has 0 aliphatic heterocycles.